The molecule has 0 aliphatic carbocycles. The van der Waals surface area contributed by atoms with Crippen LogP contribution in [0, 0.1) is 6.92 Å². The highest BCUT2D eigenvalue weighted by molar-refractivity contribution is 7.80. The summed E-state index contributed by atoms with van der Waals surface area (Å²) in [6.07, 6.45) is 0. The molecule has 0 amide bonds. The van der Waals surface area contributed by atoms with Gasteiger partial charge in [0.1, 0.15) is 5.75 Å². The normalized spacial score (nSPS) is 15.8. The maximum absolute atomic E-state index is 5.84. The number of aryl methyl sites for hydroxylation is 1. The molecule has 1 N–H and O–H groups in total. The van der Waals surface area contributed by atoms with Gasteiger partial charge in [0.25, 0.3) is 5.89 Å². The lowest BCUT2D eigenvalue weighted by molar-refractivity contribution is 0.387. The molecule has 1 aliphatic rings. The fourth-order valence-electron chi connectivity index (χ4n) is 4.30. The van der Waals surface area contributed by atoms with Gasteiger partial charge in [-0.15, -0.1) is 0 Å². The Morgan fingerprint density at radius 2 is 1.69 bits per heavy atom. The van der Waals surface area contributed by atoms with Crippen LogP contribution < -0.4 is 10.1 Å². The molecule has 0 saturated heterocycles. The Balaban J connectivity index is 1.60. The number of hydrogen-bond acceptors (Lipinski definition) is 5. The highest BCUT2D eigenvalue weighted by Gasteiger charge is 2.34. The van der Waals surface area contributed by atoms with Gasteiger partial charge in [0.15, 0.2) is 5.11 Å². The molecular formula is C28H26N4O2S. The first-order valence-corrected chi connectivity index (χ1v) is 11.8. The van der Waals surface area contributed by atoms with Gasteiger partial charge in [0, 0.05) is 16.8 Å². The van der Waals surface area contributed by atoms with Crippen molar-refractivity contribution in [1.82, 2.24) is 20.4 Å². The van der Waals surface area contributed by atoms with Crippen LogP contribution >= 0.6 is 12.2 Å². The Hall–Kier alpha value is -3.97. The highest BCUT2D eigenvalue weighted by Crippen LogP contribution is 2.38. The van der Waals surface area contributed by atoms with Gasteiger partial charge in [-0.3, -0.25) is 0 Å². The van der Waals surface area contributed by atoms with Gasteiger partial charge < -0.3 is 19.5 Å². The Bertz CT molecular complexity index is 1380. The topological polar surface area (TPSA) is 63.4 Å². The second-order valence-corrected chi connectivity index (χ2v) is 8.87. The number of ether oxygens (including phenoxy) is 1. The summed E-state index contributed by atoms with van der Waals surface area (Å²) < 4.78 is 11.4. The van der Waals surface area contributed by atoms with Gasteiger partial charge >= 0.3 is 0 Å². The Morgan fingerprint density at radius 3 is 2.43 bits per heavy atom. The van der Waals surface area contributed by atoms with E-state index in [-0.39, 0.29) is 6.04 Å². The van der Waals surface area contributed by atoms with E-state index in [0.29, 0.717) is 23.4 Å². The molecule has 2 heterocycles. The number of thiocarbonyl (C=S) groups is 1. The molecule has 1 atom stereocenters. The minimum Gasteiger partial charge on any atom is -0.496 e. The SMILES string of the molecule is COc1ccccc1CN1C(=S)NC(c2ccc(C)cc2)C(c2nc(-c3ccccc3)no2)=C1C. The van der Waals surface area contributed by atoms with Crippen LogP contribution in [-0.4, -0.2) is 27.3 Å². The van der Waals surface area contributed by atoms with Crippen molar-refractivity contribution >= 4 is 22.9 Å². The number of nitrogens with zero attached hydrogens (tertiary/aromatic N) is 3. The molecule has 35 heavy (non-hydrogen) atoms. The number of rotatable bonds is 6. The molecule has 3 aromatic carbocycles. The third-order valence-electron chi connectivity index (χ3n) is 6.22. The molecule has 1 aromatic heterocycles. The molecule has 0 saturated carbocycles. The van der Waals surface area contributed by atoms with E-state index in [9.17, 15) is 0 Å². The Morgan fingerprint density at radius 1 is 0.971 bits per heavy atom. The van der Waals surface area contributed by atoms with E-state index in [4.69, 9.17) is 26.5 Å². The first kappa shape index (κ1) is 22.8. The summed E-state index contributed by atoms with van der Waals surface area (Å²) in [6, 6.07) is 25.9. The number of para-hydroxylation sites is 1. The number of nitrogens with one attached hydrogen (secondary N) is 1. The maximum Gasteiger partial charge on any atom is 0.258 e. The molecule has 0 bridgehead atoms. The third kappa shape index (κ3) is 4.55. The van der Waals surface area contributed by atoms with Crippen molar-refractivity contribution in [1.29, 1.82) is 0 Å². The molecule has 5 rings (SSSR count). The predicted molar refractivity (Wildman–Crippen MR) is 141 cm³/mol. The van der Waals surface area contributed by atoms with Gasteiger partial charge in [0.05, 0.1) is 25.3 Å². The summed E-state index contributed by atoms with van der Waals surface area (Å²) in [5.74, 6) is 1.83. The van der Waals surface area contributed by atoms with Crippen LogP contribution in [-0.2, 0) is 6.54 Å². The second-order valence-electron chi connectivity index (χ2n) is 8.48. The molecule has 0 fully saturated rings. The van der Waals surface area contributed by atoms with Crippen molar-refractivity contribution in [3.05, 3.63) is 107 Å². The van der Waals surface area contributed by atoms with Crippen molar-refractivity contribution in [3.63, 3.8) is 0 Å². The van der Waals surface area contributed by atoms with Crippen LogP contribution in [0.2, 0.25) is 0 Å². The van der Waals surface area contributed by atoms with E-state index in [2.05, 4.69) is 46.6 Å². The summed E-state index contributed by atoms with van der Waals surface area (Å²) in [7, 11) is 1.68. The fraction of sp³-hybridized carbons (Fsp3) is 0.179. The molecule has 0 radical (unpaired) electrons. The van der Waals surface area contributed by atoms with E-state index < -0.39 is 0 Å². The molecule has 176 valence electrons. The third-order valence-corrected chi connectivity index (χ3v) is 6.55. The maximum atomic E-state index is 5.84. The predicted octanol–water partition coefficient (Wildman–Crippen LogP) is 5.92. The largest absolute Gasteiger partial charge is 0.496 e. The zero-order valence-corrected chi connectivity index (χ0v) is 20.7. The smallest absolute Gasteiger partial charge is 0.258 e. The van der Waals surface area contributed by atoms with E-state index in [1.54, 1.807) is 7.11 Å². The van der Waals surface area contributed by atoms with Gasteiger partial charge in [-0.05, 0) is 37.7 Å². The molecule has 6 nitrogen and oxygen atoms in total. The Kier molecular flexibility index (Phi) is 6.33. The lowest BCUT2D eigenvalue weighted by Crippen LogP contribution is -2.45. The lowest BCUT2D eigenvalue weighted by atomic mass is 9.94. The van der Waals surface area contributed by atoms with Crippen molar-refractivity contribution in [2.75, 3.05) is 7.11 Å². The molecule has 7 heteroatoms. The summed E-state index contributed by atoms with van der Waals surface area (Å²) >= 11 is 5.84. The van der Waals surface area contributed by atoms with E-state index in [1.807, 2.05) is 61.5 Å². The first-order chi connectivity index (χ1) is 17.0. The number of methoxy groups -OCH3 is 1. The average molecular weight is 483 g/mol. The fourth-order valence-corrected chi connectivity index (χ4v) is 4.62. The number of aromatic nitrogens is 2. The zero-order chi connectivity index (χ0) is 24.4. The summed E-state index contributed by atoms with van der Waals surface area (Å²) in [5.41, 5.74) is 6.04. The summed E-state index contributed by atoms with van der Waals surface area (Å²) in [6.45, 7) is 4.67. The van der Waals surface area contributed by atoms with Crippen molar-refractivity contribution in [2.45, 2.75) is 26.4 Å². The molecular weight excluding hydrogens is 456 g/mol. The van der Waals surface area contributed by atoms with Gasteiger partial charge in [-0.1, -0.05) is 83.5 Å². The van der Waals surface area contributed by atoms with Crippen LogP contribution in [0.1, 0.15) is 35.5 Å². The molecule has 1 aliphatic heterocycles. The van der Waals surface area contributed by atoms with Crippen LogP contribution in [0.15, 0.2) is 89.1 Å². The van der Waals surface area contributed by atoms with Gasteiger partial charge in [-0.25, -0.2) is 0 Å². The lowest BCUT2D eigenvalue weighted by Gasteiger charge is -2.37. The van der Waals surface area contributed by atoms with E-state index >= 15 is 0 Å². The van der Waals surface area contributed by atoms with Crippen molar-refractivity contribution in [3.8, 4) is 17.1 Å². The van der Waals surface area contributed by atoms with E-state index in [0.717, 1.165) is 33.7 Å². The van der Waals surface area contributed by atoms with Crippen LogP contribution in [0.5, 0.6) is 5.75 Å². The molecule has 0 spiro atoms. The highest BCUT2D eigenvalue weighted by atomic mass is 32.1. The monoisotopic (exact) mass is 482 g/mol. The average Bonchev–Trinajstić information content (AvgIpc) is 3.37. The Labute approximate surface area is 210 Å². The molecule has 1 unspecified atom stereocenters. The first-order valence-electron chi connectivity index (χ1n) is 11.4. The number of benzene rings is 3. The minimum absolute atomic E-state index is 0.221. The van der Waals surface area contributed by atoms with E-state index in [1.165, 1.54) is 5.56 Å². The van der Waals surface area contributed by atoms with Gasteiger partial charge in [0.2, 0.25) is 5.82 Å². The number of allylic oxidation sites excluding steroid dienone is 1. The number of hydrogen-bond donors (Lipinski definition) is 1. The van der Waals surface area contributed by atoms with Crippen LogP contribution in [0.4, 0.5) is 0 Å². The summed E-state index contributed by atoms with van der Waals surface area (Å²) in [5, 5.41) is 8.42. The van der Waals surface area contributed by atoms with Crippen molar-refractivity contribution in [2.24, 2.45) is 0 Å². The van der Waals surface area contributed by atoms with Crippen molar-refractivity contribution < 1.29 is 9.26 Å². The van der Waals surface area contributed by atoms with Crippen LogP contribution in [0.3, 0.4) is 0 Å². The van der Waals surface area contributed by atoms with Crippen LogP contribution in [0.25, 0.3) is 17.0 Å². The van der Waals surface area contributed by atoms with Gasteiger partial charge in [-0.2, -0.15) is 4.98 Å². The zero-order valence-electron chi connectivity index (χ0n) is 19.9. The quantitative estimate of drug-likeness (QED) is 0.343. The summed E-state index contributed by atoms with van der Waals surface area (Å²) in [4.78, 5) is 6.83. The minimum atomic E-state index is -0.221. The second kappa shape index (κ2) is 9.72. The standard InChI is InChI=1S/C28H26N4O2S/c1-18-13-15-20(16-14-18)25-24(27-30-26(31-34-27)21-9-5-4-6-10-21)19(2)32(28(35)29-25)17-22-11-7-8-12-23(22)33-3/h4-16,25H,17H2,1-3H3,(H,29,35). The molecule has 4 aromatic rings.